The highest BCUT2D eigenvalue weighted by Crippen LogP contribution is 2.30. The molecule has 0 aliphatic carbocycles. The number of carbonyl (C=O) groups is 2. The van der Waals surface area contributed by atoms with Crippen LogP contribution in [0.3, 0.4) is 0 Å². The zero-order chi connectivity index (χ0) is 21.0. The van der Waals surface area contributed by atoms with E-state index in [4.69, 9.17) is 21.7 Å². The lowest BCUT2D eigenvalue weighted by atomic mass is 10.00. The summed E-state index contributed by atoms with van der Waals surface area (Å²) in [6, 6.07) is 11.5. The second kappa shape index (κ2) is 9.15. The summed E-state index contributed by atoms with van der Waals surface area (Å²) in [5, 5.41) is 4.50. The molecule has 0 bridgehead atoms. The van der Waals surface area contributed by atoms with E-state index in [9.17, 15) is 9.59 Å². The molecule has 0 radical (unpaired) electrons. The highest BCUT2D eigenvalue weighted by Gasteiger charge is 2.33. The van der Waals surface area contributed by atoms with Crippen molar-refractivity contribution in [3.63, 3.8) is 0 Å². The van der Waals surface area contributed by atoms with Crippen molar-refractivity contribution in [1.29, 1.82) is 0 Å². The molecule has 1 aliphatic heterocycles. The van der Waals surface area contributed by atoms with Gasteiger partial charge in [0.25, 0.3) is 11.8 Å². The molecule has 2 aromatic carbocycles. The Morgan fingerprint density at radius 1 is 1.14 bits per heavy atom. The molecular weight excluding hydrogens is 388 g/mol. The van der Waals surface area contributed by atoms with Gasteiger partial charge in [0.2, 0.25) is 0 Å². The number of methoxy groups -OCH3 is 1. The molecular formula is C22H24N2O4S. The highest BCUT2D eigenvalue weighted by molar-refractivity contribution is 7.80. The molecule has 0 unspecified atom stereocenters. The van der Waals surface area contributed by atoms with Gasteiger partial charge in [-0.25, -0.2) is 0 Å². The van der Waals surface area contributed by atoms with Crippen LogP contribution in [0.5, 0.6) is 5.75 Å². The first kappa shape index (κ1) is 21.0. The molecule has 3 rings (SSSR count). The van der Waals surface area contributed by atoms with Crippen LogP contribution >= 0.6 is 12.2 Å². The van der Waals surface area contributed by atoms with Crippen LogP contribution in [0.25, 0.3) is 16.8 Å². The van der Waals surface area contributed by atoms with Gasteiger partial charge in [0, 0.05) is 12.5 Å². The second-order valence-corrected chi connectivity index (χ2v) is 7.56. The Balaban J connectivity index is 2.00. The van der Waals surface area contributed by atoms with Crippen LogP contribution in [0.2, 0.25) is 0 Å². The van der Waals surface area contributed by atoms with Gasteiger partial charge in [-0.1, -0.05) is 44.2 Å². The average molecular weight is 413 g/mol. The summed E-state index contributed by atoms with van der Waals surface area (Å²) < 4.78 is 11.0. The summed E-state index contributed by atoms with van der Waals surface area (Å²) in [6.07, 6.45) is 1.60. The fourth-order valence-corrected chi connectivity index (χ4v) is 3.30. The summed E-state index contributed by atoms with van der Waals surface area (Å²) in [5.41, 5.74) is 0.797. The number of nitrogens with zero attached hydrogens (tertiary/aromatic N) is 1. The summed E-state index contributed by atoms with van der Waals surface area (Å²) >= 11 is 5.13. The van der Waals surface area contributed by atoms with Crippen LogP contribution in [-0.4, -0.2) is 48.7 Å². The van der Waals surface area contributed by atoms with Crippen LogP contribution in [0.1, 0.15) is 19.4 Å². The maximum absolute atomic E-state index is 12.9. The fraction of sp³-hybridized carbons (Fsp3) is 0.318. The predicted molar refractivity (Wildman–Crippen MR) is 117 cm³/mol. The minimum absolute atomic E-state index is 0.0377. The van der Waals surface area contributed by atoms with Crippen molar-refractivity contribution in [2.24, 2.45) is 5.92 Å². The lowest BCUT2D eigenvalue weighted by Gasteiger charge is -2.28. The minimum atomic E-state index is -0.502. The van der Waals surface area contributed by atoms with Crippen LogP contribution in [0.15, 0.2) is 42.0 Å². The van der Waals surface area contributed by atoms with E-state index < -0.39 is 11.8 Å². The van der Waals surface area contributed by atoms with Crippen LogP contribution in [-0.2, 0) is 14.3 Å². The molecule has 1 N–H and O–H groups in total. The van der Waals surface area contributed by atoms with Gasteiger partial charge in [0.15, 0.2) is 5.11 Å². The Labute approximate surface area is 175 Å². The van der Waals surface area contributed by atoms with Gasteiger partial charge in [-0.15, -0.1) is 0 Å². The first-order valence-corrected chi connectivity index (χ1v) is 9.85. The zero-order valence-corrected chi connectivity index (χ0v) is 17.5. The van der Waals surface area contributed by atoms with Gasteiger partial charge in [0.05, 0.1) is 19.8 Å². The summed E-state index contributed by atoms with van der Waals surface area (Å²) in [6.45, 7) is 5.38. The van der Waals surface area contributed by atoms with Crippen LogP contribution in [0.4, 0.5) is 0 Å². The Bertz CT molecular complexity index is 984. The number of fused-ring (bicyclic) bond motifs is 1. The first-order chi connectivity index (χ1) is 13.9. The van der Waals surface area contributed by atoms with Crippen molar-refractivity contribution < 1.29 is 19.1 Å². The topological polar surface area (TPSA) is 67.9 Å². The Kier molecular flexibility index (Phi) is 6.61. The largest absolute Gasteiger partial charge is 0.493 e. The smallest absolute Gasteiger partial charge is 0.265 e. The van der Waals surface area contributed by atoms with Crippen molar-refractivity contribution >= 4 is 46.0 Å². The fourth-order valence-electron chi connectivity index (χ4n) is 3.04. The van der Waals surface area contributed by atoms with E-state index in [0.29, 0.717) is 19.1 Å². The normalized spacial score (nSPS) is 16.1. The van der Waals surface area contributed by atoms with E-state index in [2.05, 4.69) is 19.2 Å². The van der Waals surface area contributed by atoms with Crippen molar-refractivity contribution in [2.45, 2.75) is 13.8 Å². The monoisotopic (exact) mass is 412 g/mol. The average Bonchev–Trinajstić information content (AvgIpc) is 2.69. The number of ether oxygens (including phenoxy) is 2. The number of thiocarbonyl (C=S) groups is 1. The molecule has 2 amide bonds. The quantitative estimate of drug-likeness (QED) is 0.430. The molecule has 29 heavy (non-hydrogen) atoms. The molecule has 7 heteroatoms. The van der Waals surface area contributed by atoms with Gasteiger partial charge in [-0.3, -0.25) is 19.8 Å². The number of carbonyl (C=O) groups excluding carboxylic acids is 2. The summed E-state index contributed by atoms with van der Waals surface area (Å²) in [7, 11) is 1.54. The van der Waals surface area contributed by atoms with Crippen molar-refractivity contribution in [3.8, 4) is 5.75 Å². The highest BCUT2D eigenvalue weighted by atomic mass is 32.1. The summed E-state index contributed by atoms with van der Waals surface area (Å²) in [5.74, 6) is 0.248. The van der Waals surface area contributed by atoms with Crippen molar-refractivity contribution in [3.05, 3.63) is 47.5 Å². The Hall–Kier alpha value is -2.77. The number of hydrogen-bond acceptors (Lipinski definition) is 5. The van der Waals surface area contributed by atoms with Gasteiger partial charge in [0.1, 0.15) is 11.3 Å². The van der Waals surface area contributed by atoms with E-state index in [0.717, 1.165) is 22.1 Å². The van der Waals surface area contributed by atoms with Gasteiger partial charge < -0.3 is 9.47 Å². The lowest BCUT2D eigenvalue weighted by molar-refractivity contribution is -0.129. The predicted octanol–water partition coefficient (Wildman–Crippen LogP) is 3.15. The maximum atomic E-state index is 12.9. The van der Waals surface area contributed by atoms with Gasteiger partial charge >= 0.3 is 0 Å². The molecule has 1 aliphatic rings. The SMILES string of the molecule is COCCN1C(=O)C(=Cc2ccc(OCC(C)C)c3ccccc23)C(=O)NC1=S. The zero-order valence-electron chi connectivity index (χ0n) is 16.7. The van der Waals surface area contributed by atoms with Crippen LogP contribution < -0.4 is 10.1 Å². The third kappa shape index (κ3) is 4.63. The van der Waals surface area contributed by atoms with Crippen molar-refractivity contribution in [1.82, 2.24) is 10.2 Å². The Morgan fingerprint density at radius 2 is 1.86 bits per heavy atom. The minimum Gasteiger partial charge on any atom is -0.493 e. The standard InChI is InChI=1S/C22H24N2O4S/c1-14(2)13-28-19-9-8-15(16-6-4-5-7-17(16)19)12-18-20(25)23-22(29)24(21(18)26)10-11-27-3/h4-9,12,14H,10-11,13H2,1-3H3,(H,23,25,29). The van der Waals surface area contributed by atoms with Crippen LogP contribution in [0, 0.1) is 5.92 Å². The van der Waals surface area contributed by atoms with E-state index >= 15 is 0 Å². The van der Waals surface area contributed by atoms with Gasteiger partial charge in [-0.2, -0.15) is 0 Å². The third-order valence-electron chi connectivity index (χ3n) is 4.49. The molecule has 1 fully saturated rings. The molecule has 0 saturated carbocycles. The molecule has 1 saturated heterocycles. The maximum Gasteiger partial charge on any atom is 0.265 e. The molecule has 2 aromatic rings. The van der Waals surface area contributed by atoms with E-state index in [1.54, 1.807) is 13.2 Å². The lowest BCUT2D eigenvalue weighted by Crippen LogP contribution is -2.54. The van der Waals surface area contributed by atoms with Gasteiger partial charge in [-0.05, 0) is 41.2 Å². The van der Waals surface area contributed by atoms with E-state index in [-0.39, 0.29) is 17.2 Å². The molecule has 1 heterocycles. The third-order valence-corrected chi connectivity index (χ3v) is 4.82. The first-order valence-electron chi connectivity index (χ1n) is 9.44. The molecule has 0 spiro atoms. The molecule has 0 aromatic heterocycles. The van der Waals surface area contributed by atoms with E-state index in [1.165, 1.54) is 4.90 Å². The number of nitrogens with one attached hydrogen (secondary N) is 1. The number of hydrogen-bond donors (Lipinski definition) is 1. The number of rotatable bonds is 7. The molecule has 152 valence electrons. The van der Waals surface area contributed by atoms with E-state index in [1.807, 2.05) is 36.4 Å². The second-order valence-electron chi connectivity index (χ2n) is 7.17. The summed E-state index contributed by atoms with van der Waals surface area (Å²) in [4.78, 5) is 26.7. The number of amides is 2. The number of benzene rings is 2. The molecule has 6 nitrogen and oxygen atoms in total. The molecule has 0 atom stereocenters. The van der Waals surface area contributed by atoms with Crippen molar-refractivity contribution in [2.75, 3.05) is 26.9 Å². The Morgan fingerprint density at radius 3 is 2.55 bits per heavy atom.